The Bertz CT molecular complexity index is 417. The first-order valence-electron chi connectivity index (χ1n) is 7.28. The number of Topliss-reactive ketones (excluding diaryl/α,β-unsaturated/α-hetero) is 1. The number of rotatable bonds is 6. The van der Waals surface area contributed by atoms with Gasteiger partial charge in [0.1, 0.15) is 0 Å². The molecule has 1 aromatic carbocycles. The molecule has 19 heavy (non-hydrogen) atoms. The number of nitrogens with zero attached hydrogens (tertiary/aromatic N) is 1. The number of anilines is 1. The molecule has 0 N–H and O–H groups in total. The summed E-state index contributed by atoms with van der Waals surface area (Å²) in [6.07, 6.45) is 3.88. The standard InChI is InChI=1S/C16H23NO2/c1-2-3-12-19-13-11-17-10-6-9-16(18)14-7-4-5-8-15(14)17/h4-5,7-8H,2-3,6,9-13H2,1H3. The number of benzene rings is 1. The minimum Gasteiger partial charge on any atom is -0.380 e. The molecule has 3 nitrogen and oxygen atoms in total. The number of fused-ring (bicyclic) bond motifs is 1. The number of unbranched alkanes of at least 4 members (excludes halogenated alkanes) is 1. The van der Waals surface area contributed by atoms with Crippen LogP contribution in [0.25, 0.3) is 0 Å². The summed E-state index contributed by atoms with van der Waals surface area (Å²) in [4.78, 5) is 14.3. The van der Waals surface area contributed by atoms with Crippen LogP contribution in [0, 0.1) is 0 Å². The molecule has 0 spiro atoms. The third-order valence-corrected chi connectivity index (χ3v) is 3.52. The molecule has 2 rings (SSSR count). The number of ketones is 1. The zero-order chi connectivity index (χ0) is 13.5. The first kappa shape index (κ1) is 14.1. The summed E-state index contributed by atoms with van der Waals surface area (Å²) in [6.45, 7) is 5.56. The van der Waals surface area contributed by atoms with E-state index in [1.807, 2.05) is 24.3 Å². The lowest BCUT2D eigenvalue weighted by molar-refractivity contribution is 0.0984. The average molecular weight is 261 g/mol. The van der Waals surface area contributed by atoms with Crippen molar-refractivity contribution in [1.29, 1.82) is 0 Å². The molecule has 1 aromatic rings. The lowest BCUT2D eigenvalue weighted by atomic mass is 10.1. The van der Waals surface area contributed by atoms with Crippen molar-refractivity contribution in [2.75, 3.05) is 31.2 Å². The Labute approximate surface area is 115 Å². The maximum absolute atomic E-state index is 12.0. The summed E-state index contributed by atoms with van der Waals surface area (Å²) in [7, 11) is 0. The van der Waals surface area contributed by atoms with Crippen molar-refractivity contribution in [3.8, 4) is 0 Å². The number of ether oxygens (including phenoxy) is 1. The number of para-hydroxylation sites is 1. The zero-order valence-electron chi connectivity index (χ0n) is 11.7. The molecule has 0 atom stereocenters. The fraction of sp³-hybridized carbons (Fsp3) is 0.562. The van der Waals surface area contributed by atoms with Crippen LogP contribution >= 0.6 is 0 Å². The normalized spacial score (nSPS) is 15.2. The van der Waals surface area contributed by atoms with Crippen LogP contribution in [-0.4, -0.2) is 32.1 Å². The van der Waals surface area contributed by atoms with Crippen LogP contribution in [-0.2, 0) is 4.74 Å². The quantitative estimate of drug-likeness (QED) is 0.736. The zero-order valence-corrected chi connectivity index (χ0v) is 11.7. The van der Waals surface area contributed by atoms with E-state index in [1.165, 1.54) is 6.42 Å². The van der Waals surface area contributed by atoms with E-state index in [9.17, 15) is 4.79 Å². The van der Waals surface area contributed by atoms with E-state index >= 15 is 0 Å². The Hall–Kier alpha value is -1.35. The monoisotopic (exact) mass is 261 g/mol. The summed E-state index contributed by atoms with van der Waals surface area (Å²) >= 11 is 0. The molecule has 1 aliphatic rings. The number of carbonyl (C=O) groups excluding carboxylic acids is 1. The summed E-state index contributed by atoms with van der Waals surface area (Å²) in [5.41, 5.74) is 1.94. The first-order chi connectivity index (χ1) is 9.33. The van der Waals surface area contributed by atoms with E-state index in [2.05, 4.69) is 11.8 Å². The van der Waals surface area contributed by atoms with Gasteiger partial charge in [0.15, 0.2) is 5.78 Å². The van der Waals surface area contributed by atoms with E-state index in [1.54, 1.807) is 0 Å². The predicted molar refractivity (Wildman–Crippen MR) is 77.9 cm³/mol. The molecule has 0 unspecified atom stereocenters. The van der Waals surface area contributed by atoms with E-state index in [0.29, 0.717) is 6.42 Å². The molecule has 3 heteroatoms. The fourth-order valence-corrected chi connectivity index (χ4v) is 2.43. The molecule has 0 amide bonds. The lowest BCUT2D eigenvalue weighted by Crippen LogP contribution is -2.28. The molecule has 0 bridgehead atoms. The predicted octanol–water partition coefficient (Wildman–Crippen LogP) is 3.29. The van der Waals surface area contributed by atoms with Gasteiger partial charge in [-0.2, -0.15) is 0 Å². The van der Waals surface area contributed by atoms with Crippen molar-refractivity contribution in [3.05, 3.63) is 29.8 Å². The van der Waals surface area contributed by atoms with Gasteiger partial charge in [-0.1, -0.05) is 25.5 Å². The Morgan fingerprint density at radius 3 is 2.95 bits per heavy atom. The van der Waals surface area contributed by atoms with Gasteiger partial charge in [-0.15, -0.1) is 0 Å². The Morgan fingerprint density at radius 2 is 2.11 bits per heavy atom. The van der Waals surface area contributed by atoms with Crippen LogP contribution in [0.15, 0.2) is 24.3 Å². The summed E-state index contributed by atoms with van der Waals surface area (Å²) in [6, 6.07) is 7.93. The first-order valence-corrected chi connectivity index (χ1v) is 7.28. The molecule has 0 radical (unpaired) electrons. The van der Waals surface area contributed by atoms with Crippen LogP contribution in [0.5, 0.6) is 0 Å². The van der Waals surface area contributed by atoms with Gasteiger partial charge >= 0.3 is 0 Å². The summed E-state index contributed by atoms with van der Waals surface area (Å²) < 4.78 is 5.63. The Balaban J connectivity index is 1.96. The van der Waals surface area contributed by atoms with E-state index in [-0.39, 0.29) is 5.78 Å². The number of hydrogen-bond acceptors (Lipinski definition) is 3. The second-order valence-electron chi connectivity index (χ2n) is 5.00. The molecule has 0 saturated heterocycles. The average Bonchev–Trinajstić information content (AvgIpc) is 2.59. The van der Waals surface area contributed by atoms with Gasteiger partial charge in [-0.3, -0.25) is 4.79 Å². The van der Waals surface area contributed by atoms with Crippen molar-refractivity contribution in [3.63, 3.8) is 0 Å². The molecule has 0 saturated carbocycles. The molecule has 1 heterocycles. The number of hydrogen-bond donors (Lipinski definition) is 0. The lowest BCUT2D eigenvalue weighted by Gasteiger charge is -2.24. The highest BCUT2D eigenvalue weighted by molar-refractivity contribution is 6.01. The largest absolute Gasteiger partial charge is 0.380 e. The molecule has 0 aromatic heterocycles. The SMILES string of the molecule is CCCCOCCN1CCCC(=O)c2ccccc21. The third kappa shape index (κ3) is 3.80. The molecule has 104 valence electrons. The van der Waals surface area contributed by atoms with Crippen LogP contribution in [0.3, 0.4) is 0 Å². The van der Waals surface area contributed by atoms with E-state index < -0.39 is 0 Å². The molecule has 0 fully saturated rings. The third-order valence-electron chi connectivity index (χ3n) is 3.52. The second kappa shape index (κ2) is 7.29. The highest BCUT2D eigenvalue weighted by Gasteiger charge is 2.19. The highest BCUT2D eigenvalue weighted by atomic mass is 16.5. The second-order valence-corrected chi connectivity index (χ2v) is 5.00. The maximum atomic E-state index is 12.0. The molecular weight excluding hydrogens is 238 g/mol. The van der Waals surface area contributed by atoms with Gasteiger partial charge in [0.05, 0.1) is 6.61 Å². The maximum Gasteiger partial charge on any atom is 0.165 e. The van der Waals surface area contributed by atoms with Crippen molar-refractivity contribution >= 4 is 11.5 Å². The van der Waals surface area contributed by atoms with Crippen molar-refractivity contribution < 1.29 is 9.53 Å². The number of carbonyl (C=O) groups is 1. The van der Waals surface area contributed by atoms with Crippen LogP contribution in [0.4, 0.5) is 5.69 Å². The Kier molecular flexibility index (Phi) is 5.40. The fourth-order valence-electron chi connectivity index (χ4n) is 2.43. The Morgan fingerprint density at radius 1 is 1.26 bits per heavy atom. The van der Waals surface area contributed by atoms with Gasteiger partial charge in [0.25, 0.3) is 0 Å². The highest BCUT2D eigenvalue weighted by Crippen LogP contribution is 2.25. The topological polar surface area (TPSA) is 29.5 Å². The summed E-state index contributed by atoms with van der Waals surface area (Å²) in [5.74, 6) is 0.269. The minimum atomic E-state index is 0.269. The van der Waals surface area contributed by atoms with Crippen molar-refractivity contribution in [1.82, 2.24) is 0 Å². The van der Waals surface area contributed by atoms with E-state index in [0.717, 1.165) is 50.4 Å². The molecule has 1 aliphatic heterocycles. The minimum absolute atomic E-state index is 0.269. The van der Waals surface area contributed by atoms with Crippen LogP contribution in [0.2, 0.25) is 0 Å². The van der Waals surface area contributed by atoms with Gasteiger partial charge in [-0.25, -0.2) is 0 Å². The van der Waals surface area contributed by atoms with Crippen molar-refractivity contribution in [2.45, 2.75) is 32.6 Å². The van der Waals surface area contributed by atoms with Crippen LogP contribution in [0.1, 0.15) is 43.0 Å². The van der Waals surface area contributed by atoms with Gasteiger partial charge in [0, 0.05) is 37.4 Å². The van der Waals surface area contributed by atoms with Gasteiger partial charge in [0.2, 0.25) is 0 Å². The van der Waals surface area contributed by atoms with Crippen LogP contribution < -0.4 is 4.90 Å². The van der Waals surface area contributed by atoms with E-state index in [4.69, 9.17) is 4.74 Å². The smallest absolute Gasteiger partial charge is 0.165 e. The van der Waals surface area contributed by atoms with Gasteiger partial charge < -0.3 is 9.64 Å². The van der Waals surface area contributed by atoms with Crippen molar-refractivity contribution in [2.24, 2.45) is 0 Å². The molecule has 0 aliphatic carbocycles. The summed E-state index contributed by atoms with van der Waals surface area (Å²) in [5, 5.41) is 0. The molecular formula is C16H23NO2. The van der Waals surface area contributed by atoms with Gasteiger partial charge in [-0.05, 0) is 25.0 Å².